The Morgan fingerprint density at radius 3 is 2.46 bits per heavy atom. The normalized spacial score (nSPS) is 12.7. The maximum absolute atomic E-state index is 11.7. The zero-order valence-electron chi connectivity index (χ0n) is 21.5. The Kier molecular flexibility index (Phi) is 7.74. The standard InChI is InChI=1S/C30H31N3O5S/c1-39(36,37)32-27-13-7-11-25(30(27)35)29(34)20-33(19-21-8-3-2-4-9-21)16-17-38-22-14-15-24-23-10-5-6-12-26(23)31-28(24)18-22/h2-15,18,29,31-32,34-35H,16-17,19-20H2,1H3. The Balaban J connectivity index is 1.30. The number of benzene rings is 4. The van der Waals surface area contributed by atoms with Gasteiger partial charge >= 0.3 is 0 Å². The number of H-pyrrole nitrogens is 1. The van der Waals surface area contributed by atoms with Crippen LogP contribution in [-0.4, -0.2) is 54.5 Å². The number of nitrogens with zero attached hydrogens (tertiary/aromatic N) is 1. The number of fused-ring (bicyclic) bond motifs is 3. The summed E-state index contributed by atoms with van der Waals surface area (Å²) in [7, 11) is -3.59. The number of aromatic nitrogens is 1. The van der Waals surface area contributed by atoms with Crippen LogP contribution in [-0.2, 0) is 16.6 Å². The lowest BCUT2D eigenvalue weighted by atomic mass is 10.1. The summed E-state index contributed by atoms with van der Waals surface area (Å²) in [5.74, 6) is 0.449. The van der Waals surface area contributed by atoms with Crippen molar-refractivity contribution >= 4 is 37.5 Å². The Morgan fingerprint density at radius 1 is 0.923 bits per heavy atom. The molecular formula is C30H31N3O5S. The molecule has 8 nitrogen and oxygen atoms in total. The lowest BCUT2D eigenvalue weighted by molar-refractivity contribution is 0.0969. The van der Waals surface area contributed by atoms with Crippen molar-refractivity contribution in [3.8, 4) is 11.5 Å². The second-order valence-electron chi connectivity index (χ2n) is 9.58. The largest absolute Gasteiger partial charge is 0.505 e. The van der Waals surface area contributed by atoms with Crippen LogP contribution in [0.4, 0.5) is 5.69 Å². The third kappa shape index (κ3) is 6.51. The molecule has 0 amide bonds. The molecular weight excluding hydrogens is 514 g/mol. The van der Waals surface area contributed by atoms with Gasteiger partial charge in [0, 0.05) is 47.6 Å². The van der Waals surface area contributed by atoms with Crippen molar-refractivity contribution in [1.29, 1.82) is 0 Å². The number of ether oxygens (including phenoxy) is 1. The average molecular weight is 546 g/mol. The molecule has 0 bridgehead atoms. The topological polar surface area (TPSA) is 115 Å². The van der Waals surface area contributed by atoms with Crippen LogP contribution in [0.2, 0.25) is 0 Å². The Bertz CT molecular complexity index is 1690. The van der Waals surface area contributed by atoms with Crippen molar-refractivity contribution in [2.24, 2.45) is 0 Å². The van der Waals surface area contributed by atoms with Gasteiger partial charge in [0.25, 0.3) is 0 Å². The molecule has 0 saturated heterocycles. The highest BCUT2D eigenvalue weighted by atomic mass is 32.2. The number of aliphatic hydroxyl groups excluding tert-OH is 1. The lowest BCUT2D eigenvalue weighted by Gasteiger charge is -2.26. The average Bonchev–Trinajstić information content (AvgIpc) is 3.27. The molecule has 4 aromatic carbocycles. The zero-order chi connectivity index (χ0) is 27.4. The molecule has 0 spiro atoms. The number of phenolic OH excluding ortho intramolecular Hbond substituents is 1. The van der Waals surface area contributed by atoms with E-state index in [1.807, 2.05) is 65.6 Å². The summed E-state index contributed by atoms with van der Waals surface area (Å²) in [6.07, 6.45) is -0.0507. The van der Waals surface area contributed by atoms with Crippen LogP contribution in [0.15, 0.2) is 91.0 Å². The molecule has 0 fully saturated rings. The van der Waals surface area contributed by atoms with Crippen molar-refractivity contribution in [2.75, 3.05) is 30.7 Å². The van der Waals surface area contributed by atoms with E-state index in [0.29, 0.717) is 19.7 Å². The third-order valence-electron chi connectivity index (χ3n) is 6.56. The fourth-order valence-corrected chi connectivity index (χ4v) is 5.31. The van der Waals surface area contributed by atoms with Gasteiger partial charge in [-0.3, -0.25) is 9.62 Å². The van der Waals surface area contributed by atoms with E-state index in [4.69, 9.17) is 4.74 Å². The third-order valence-corrected chi connectivity index (χ3v) is 7.15. The predicted molar refractivity (Wildman–Crippen MR) is 155 cm³/mol. The molecule has 4 N–H and O–H groups in total. The molecule has 1 unspecified atom stereocenters. The molecule has 39 heavy (non-hydrogen) atoms. The summed E-state index contributed by atoms with van der Waals surface area (Å²) in [6, 6.07) is 28.7. The van der Waals surface area contributed by atoms with Gasteiger partial charge in [0.05, 0.1) is 23.6 Å². The Morgan fingerprint density at radius 2 is 1.67 bits per heavy atom. The van der Waals surface area contributed by atoms with Gasteiger partial charge in [0.2, 0.25) is 10.0 Å². The van der Waals surface area contributed by atoms with Crippen molar-refractivity contribution in [3.05, 3.63) is 102 Å². The minimum absolute atomic E-state index is 0.0272. The molecule has 9 heteroatoms. The molecule has 5 aromatic rings. The number of aromatic amines is 1. The Labute approximate surface area is 227 Å². The smallest absolute Gasteiger partial charge is 0.229 e. The molecule has 0 aliphatic heterocycles. The molecule has 202 valence electrons. The first-order valence-corrected chi connectivity index (χ1v) is 14.5. The molecule has 0 aliphatic carbocycles. The monoisotopic (exact) mass is 545 g/mol. The predicted octanol–water partition coefficient (Wildman–Crippen LogP) is 5.01. The first kappa shape index (κ1) is 26.6. The highest BCUT2D eigenvalue weighted by Gasteiger charge is 2.20. The van der Waals surface area contributed by atoms with Crippen LogP contribution < -0.4 is 9.46 Å². The molecule has 0 aliphatic rings. The summed E-state index contributed by atoms with van der Waals surface area (Å²) in [5.41, 5.74) is 3.42. The van der Waals surface area contributed by atoms with Gasteiger partial charge in [0.15, 0.2) is 0 Å². The molecule has 0 saturated carbocycles. The van der Waals surface area contributed by atoms with Crippen LogP contribution in [0, 0.1) is 0 Å². The van der Waals surface area contributed by atoms with Crippen molar-refractivity contribution in [3.63, 3.8) is 0 Å². The first-order valence-electron chi connectivity index (χ1n) is 12.6. The van der Waals surface area contributed by atoms with Gasteiger partial charge in [-0.15, -0.1) is 0 Å². The molecule has 1 atom stereocenters. The van der Waals surface area contributed by atoms with Crippen molar-refractivity contribution in [1.82, 2.24) is 9.88 Å². The second-order valence-corrected chi connectivity index (χ2v) is 11.3. The fourth-order valence-electron chi connectivity index (χ4n) is 4.75. The van der Waals surface area contributed by atoms with E-state index in [9.17, 15) is 18.6 Å². The van der Waals surface area contributed by atoms with Gasteiger partial charge in [-0.25, -0.2) is 8.42 Å². The minimum atomic E-state index is -3.59. The number of phenols is 1. The molecule has 1 heterocycles. The number of aliphatic hydroxyl groups is 1. The molecule has 1 aromatic heterocycles. The maximum atomic E-state index is 11.7. The highest BCUT2D eigenvalue weighted by Crippen LogP contribution is 2.33. The number of para-hydroxylation sites is 2. The SMILES string of the molecule is CS(=O)(=O)Nc1cccc(C(O)CN(CCOc2ccc3c(c2)[nH]c2ccccc23)Cc2ccccc2)c1O. The minimum Gasteiger partial charge on any atom is -0.505 e. The van der Waals surface area contributed by atoms with Crippen LogP contribution >= 0.6 is 0 Å². The van der Waals surface area contributed by atoms with Gasteiger partial charge in [-0.05, 0) is 29.8 Å². The van der Waals surface area contributed by atoms with E-state index in [0.717, 1.165) is 34.0 Å². The zero-order valence-corrected chi connectivity index (χ0v) is 22.4. The van der Waals surface area contributed by atoms with Gasteiger partial charge in [-0.2, -0.15) is 0 Å². The van der Waals surface area contributed by atoms with Gasteiger partial charge < -0.3 is 19.9 Å². The number of anilines is 1. The van der Waals surface area contributed by atoms with E-state index < -0.39 is 16.1 Å². The fraction of sp³-hybridized carbons (Fsp3) is 0.200. The van der Waals surface area contributed by atoms with E-state index in [1.165, 1.54) is 11.5 Å². The number of rotatable bonds is 11. The summed E-state index contributed by atoms with van der Waals surface area (Å²) in [6.45, 7) is 1.66. The van der Waals surface area contributed by atoms with E-state index in [2.05, 4.69) is 21.8 Å². The van der Waals surface area contributed by atoms with E-state index in [-0.39, 0.29) is 23.5 Å². The van der Waals surface area contributed by atoms with Crippen LogP contribution in [0.3, 0.4) is 0 Å². The number of nitrogens with one attached hydrogen (secondary N) is 2. The van der Waals surface area contributed by atoms with Crippen LogP contribution in [0.1, 0.15) is 17.2 Å². The second kappa shape index (κ2) is 11.4. The van der Waals surface area contributed by atoms with E-state index >= 15 is 0 Å². The molecule has 0 radical (unpaired) electrons. The van der Waals surface area contributed by atoms with Gasteiger partial charge in [0.1, 0.15) is 18.1 Å². The highest BCUT2D eigenvalue weighted by molar-refractivity contribution is 7.92. The Hall–Kier alpha value is -4.05. The van der Waals surface area contributed by atoms with Crippen molar-refractivity contribution in [2.45, 2.75) is 12.6 Å². The lowest BCUT2D eigenvalue weighted by Crippen LogP contribution is -2.32. The maximum Gasteiger partial charge on any atom is 0.229 e. The van der Waals surface area contributed by atoms with Crippen molar-refractivity contribution < 1.29 is 23.4 Å². The summed E-state index contributed by atoms with van der Waals surface area (Å²) in [4.78, 5) is 5.47. The molecule has 5 rings (SSSR count). The van der Waals surface area contributed by atoms with Crippen LogP contribution in [0.25, 0.3) is 21.8 Å². The number of hydrogen-bond donors (Lipinski definition) is 4. The summed E-state index contributed by atoms with van der Waals surface area (Å²) < 4.78 is 31.7. The first-order chi connectivity index (χ1) is 18.8. The summed E-state index contributed by atoms with van der Waals surface area (Å²) in [5, 5.41) is 24.0. The summed E-state index contributed by atoms with van der Waals surface area (Å²) >= 11 is 0. The number of aromatic hydroxyl groups is 1. The van der Waals surface area contributed by atoms with E-state index in [1.54, 1.807) is 12.1 Å². The number of hydrogen-bond acceptors (Lipinski definition) is 6. The quantitative estimate of drug-likeness (QED) is 0.174. The van der Waals surface area contributed by atoms with Gasteiger partial charge in [-0.1, -0.05) is 60.7 Å². The van der Waals surface area contributed by atoms with Crippen LogP contribution in [0.5, 0.6) is 11.5 Å². The number of sulfonamides is 1.